The molecule has 1 fully saturated rings. The Bertz CT molecular complexity index is 757. The highest BCUT2D eigenvalue weighted by Crippen LogP contribution is 2.24. The fourth-order valence-corrected chi connectivity index (χ4v) is 3.93. The molecule has 0 bridgehead atoms. The molecule has 134 valence electrons. The van der Waals surface area contributed by atoms with Crippen molar-refractivity contribution in [3.63, 3.8) is 0 Å². The zero-order valence-corrected chi connectivity index (χ0v) is 16.0. The Labute approximate surface area is 157 Å². The molecule has 2 heterocycles. The third-order valence-corrected chi connectivity index (χ3v) is 5.49. The van der Waals surface area contributed by atoms with Crippen molar-refractivity contribution in [1.82, 2.24) is 9.55 Å². The van der Waals surface area contributed by atoms with E-state index < -0.39 is 0 Å². The average molecular weight is 380 g/mol. The summed E-state index contributed by atoms with van der Waals surface area (Å²) in [4.78, 5) is 16.8. The second-order valence-corrected chi connectivity index (χ2v) is 7.54. The summed E-state index contributed by atoms with van der Waals surface area (Å²) in [5.41, 5.74) is 2.83. The predicted octanol–water partition coefficient (Wildman–Crippen LogP) is 4.06. The van der Waals surface area contributed by atoms with E-state index in [0.29, 0.717) is 16.5 Å². The Kier molecular flexibility index (Phi) is 6.04. The first-order valence-electron chi connectivity index (χ1n) is 8.36. The van der Waals surface area contributed by atoms with Gasteiger partial charge in [-0.05, 0) is 44.9 Å². The average Bonchev–Trinajstić information content (AvgIpc) is 3.17. The van der Waals surface area contributed by atoms with Crippen LogP contribution in [0.2, 0.25) is 5.02 Å². The van der Waals surface area contributed by atoms with Crippen LogP contribution in [0.4, 0.5) is 5.69 Å². The van der Waals surface area contributed by atoms with Gasteiger partial charge in [-0.25, -0.2) is 4.98 Å². The summed E-state index contributed by atoms with van der Waals surface area (Å²) in [6.07, 6.45) is 2.43. The van der Waals surface area contributed by atoms with Gasteiger partial charge in [0.25, 0.3) is 0 Å². The van der Waals surface area contributed by atoms with Gasteiger partial charge in [0.05, 0.1) is 24.1 Å². The molecule has 3 rings (SSSR count). The van der Waals surface area contributed by atoms with Crippen molar-refractivity contribution in [3.05, 3.63) is 40.7 Å². The van der Waals surface area contributed by atoms with E-state index in [1.807, 2.05) is 19.1 Å². The van der Waals surface area contributed by atoms with Gasteiger partial charge in [-0.3, -0.25) is 4.79 Å². The normalized spacial score (nSPS) is 17.0. The van der Waals surface area contributed by atoms with Crippen LogP contribution in [0.25, 0.3) is 0 Å². The number of carbonyl (C=O) groups is 1. The lowest BCUT2D eigenvalue weighted by Crippen LogP contribution is -2.18. The molecule has 0 spiro atoms. The van der Waals surface area contributed by atoms with Crippen LogP contribution in [-0.4, -0.2) is 33.9 Å². The maximum Gasteiger partial charge on any atom is 0.234 e. The predicted molar refractivity (Wildman–Crippen MR) is 101 cm³/mol. The number of amides is 1. The highest BCUT2D eigenvalue weighted by Gasteiger charge is 2.20. The van der Waals surface area contributed by atoms with E-state index in [0.717, 1.165) is 42.5 Å². The van der Waals surface area contributed by atoms with Crippen molar-refractivity contribution in [2.75, 3.05) is 17.7 Å². The molecular weight excluding hydrogens is 358 g/mol. The van der Waals surface area contributed by atoms with Gasteiger partial charge in [-0.15, -0.1) is 0 Å². The van der Waals surface area contributed by atoms with Gasteiger partial charge in [-0.1, -0.05) is 29.4 Å². The number of imidazole rings is 1. The van der Waals surface area contributed by atoms with Crippen LogP contribution in [0.3, 0.4) is 0 Å². The monoisotopic (exact) mass is 379 g/mol. The molecule has 5 nitrogen and oxygen atoms in total. The number of ether oxygens (including phenoxy) is 1. The lowest BCUT2D eigenvalue weighted by Gasteiger charge is -2.14. The van der Waals surface area contributed by atoms with Crippen LogP contribution in [0, 0.1) is 13.8 Å². The van der Waals surface area contributed by atoms with Crippen molar-refractivity contribution in [1.29, 1.82) is 0 Å². The highest BCUT2D eigenvalue weighted by atomic mass is 35.5. The summed E-state index contributed by atoms with van der Waals surface area (Å²) in [5.74, 6) is 0.225. The summed E-state index contributed by atoms with van der Waals surface area (Å²) in [7, 11) is 0. The van der Waals surface area contributed by atoms with E-state index in [1.165, 1.54) is 11.8 Å². The molecule has 1 atom stereocenters. The molecule has 0 radical (unpaired) electrons. The second kappa shape index (κ2) is 8.25. The molecule has 1 aliphatic rings. The lowest BCUT2D eigenvalue weighted by atomic mass is 10.2. The largest absolute Gasteiger partial charge is 0.376 e. The van der Waals surface area contributed by atoms with Crippen LogP contribution in [0.5, 0.6) is 0 Å². The number of nitrogens with zero attached hydrogens (tertiary/aromatic N) is 2. The fraction of sp³-hybridized carbons (Fsp3) is 0.444. The third-order valence-electron chi connectivity index (χ3n) is 4.27. The smallest absolute Gasteiger partial charge is 0.234 e. The standard InChI is InChI=1S/C18H22ClN3O2S/c1-12-13(2)22(10-16-7-4-8-24-16)18(20-12)25-11-17(23)21-15-6-3-5-14(19)9-15/h3,5-6,9,16H,4,7-8,10-11H2,1-2H3,(H,21,23). The van der Waals surface area contributed by atoms with Gasteiger partial charge >= 0.3 is 0 Å². The van der Waals surface area contributed by atoms with Crippen molar-refractivity contribution in [3.8, 4) is 0 Å². The van der Waals surface area contributed by atoms with E-state index in [2.05, 4.69) is 21.8 Å². The molecule has 1 N–H and O–H groups in total. The molecule has 7 heteroatoms. The van der Waals surface area contributed by atoms with E-state index in [1.54, 1.807) is 12.1 Å². The van der Waals surface area contributed by atoms with Gasteiger partial charge in [0.1, 0.15) is 0 Å². The van der Waals surface area contributed by atoms with E-state index >= 15 is 0 Å². The Morgan fingerprint density at radius 1 is 1.48 bits per heavy atom. The molecule has 2 aromatic rings. The van der Waals surface area contributed by atoms with Gasteiger partial charge in [0, 0.05) is 23.0 Å². The van der Waals surface area contributed by atoms with Crippen LogP contribution in [0.1, 0.15) is 24.2 Å². The SMILES string of the molecule is Cc1nc(SCC(=O)Nc2cccc(Cl)c2)n(CC2CCCO2)c1C. The maximum atomic E-state index is 12.2. The van der Waals surface area contributed by atoms with Gasteiger partial charge < -0.3 is 14.6 Å². The molecule has 1 saturated heterocycles. The number of nitrogens with one attached hydrogen (secondary N) is 1. The van der Waals surface area contributed by atoms with E-state index in [4.69, 9.17) is 16.3 Å². The topological polar surface area (TPSA) is 56.2 Å². The second-order valence-electron chi connectivity index (χ2n) is 6.16. The fourth-order valence-electron chi connectivity index (χ4n) is 2.83. The number of rotatable bonds is 6. The summed E-state index contributed by atoms with van der Waals surface area (Å²) >= 11 is 7.39. The summed E-state index contributed by atoms with van der Waals surface area (Å²) in [6.45, 7) is 5.69. The third kappa shape index (κ3) is 4.77. The van der Waals surface area contributed by atoms with Crippen LogP contribution in [0.15, 0.2) is 29.4 Å². The molecule has 0 aliphatic carbocycles. The molecule has 1 aromatic carbocycles. The zero-order chi connectivity index (χ0) is 17.8. The van der Waals surface area contributed by atoms with Crippen molar-refractivity contribution >= 4 is 35.0 Å². The number of aromatic nitrogens is 2. The van der Waals surface area contributed by atoms with Gasteiger partial charge in [0.2, 0.25) is 5.91 Å². The molecule has 1 aliphatic heterocycles. The van der Waals surface area contributed by atoms with E-state index in [9.17, 15) is 4.79 Å². The first-order chi connectivity index (χ1) is 12.0. The quantitative estimate of drug-likeness (QED) is 0.769. The highest BCUT2D eigenvalue weighted by molar-refractivity contribution is 7.99. The molecule has 0 saturated carbocycles. The molecule has 1 amide bonds. The van der Waals surface area contributed by atoms with Crippen LogP contribution < -0.4 is 5.32 Å². The number of halogens is 1. The zero-order valence-electron chi connectivity index (χ0n) is 14.4. The van der Waals surface area contributed by atoms with Crippen molar-refractivity contribution in [2.45, 2.75) is 44.5 Å². The Balaban J connectivity index is 1.62. The number of thioether (sulfide) groups is 1. The summed E-state index contributed by atoms with van der Waals surface area (Å²) in [6, 6.07) is 7.14. The number of benzene rings is 1. The van der Waals surface area contributed by atoms with Crippen LogP contribution >= 0.6 is 23.4 Å². The Morgan fingerprint density at radius 3 is 3.04 bits per heavy atom. The van der Waals surface area contributed by atoms with Crippen molar-refractivity contribution < 1.29 is 9.53 Å². The number of aryl methyl sites for hydroxylation is 1. The van der Waals surface area contributed by atoms with Crippen LogP contribution in [-0.2, 0) is 16.1 Å². The Morgan fingerprint density at radius 2 is 2.32 bits per heavy atom. The number of carbonyl (C=O) groups excluding carboxylic acids is 1. The summed E-state index contributed by atoms with van der Waals surface area (Å²) in [5, 5.41) is 4.33. The van der Waals surface area contributed by atoms with Crippen molar-refractivity contribution in [2.24, 2.45) is 0 Å². The van der Waals surface area contributed by atoms with Gasteiger partial charge in [0.15, 0.2) is 5.16 Å². The van der Waals surface area contributed by atoms with Gasteiger partial charge in [-0.2, -0.15) is 0 Å². The first-order valence-corrected chi connectivity index (χ1v) is 9.73. The molecular formula is C18H22ClN3O2S. The first kappa shape index (κ1) is 18.3. The number of hydrogen-bond donors (Lipinski definition) is 1. The number of hydrogen-bond acceptors (Lipinski definition) is 4. The minimum Gasteiger partial charge on any atom is -0.376 e. The molecule has 1 unspecified atom stereocenters. The van der Waals surface area contributed by atoms with E-state index in [-0.39, 0.29) is 12.0 Å². The molecule has 1 aromatic heterocycles. The summed E-state index contributed by atoms with van der Waals surface area (Å²) < 4.78 is 7.91. The molecule has 25 heavy (non-hydrogen) atoms. The minimum atomic E-state index is -0.0748. The lowest BCUT2D eigenvalue weighted by molar-refractivity contribution is -0.113. The maximum absolute atomic E-state index is 12.2. The Hall–Kier alpha value is -1.50. The number of anilines is 1. The minimum absolute atomic E-state index is 0.0748.